The lowest BCUT2D eigenvalue weighted by molar-refractivity contribution is 0.177. The Morgan fingerprint density at radius 2 is 1.80 bits per heavy atom. The zero-order chi connectivity index (χ0) is 17.6. The number of aromatic nitrogens is 1. The molecule has 0 amide bonds. The highest BCUT2D eigenvalue weighted by Gasteiger charge is 2.31. The molecule has 2 heteroatoms. The number of aryl methyl sites for hydroxylation is 3. The van der Waals surface area contributed by atoms with Crippen LogP contribution in [0.15, 0.2) is 48.5 Å². The van der Waals surface area contributed by atoms with Crippen molar-refractivity contribution in [1.82, 2.24) is 9.47 Å². The van der Waals surface area contributed by atoms with Crippen molar-refractivity contribution in [3.8, 4) is 0 Å². The summed E-state index contributed by atoms with van der Waals surface area (Å²) in [7, 11) is 2.27. The lowest BCUT2D eigenvalue weighted by atomic mass is 9.93. The third-order valence-electron chi connectivity index (χ3n) is 6.05. The lowest BCUT2D eigenvalue weighted by Gasteiger charge is -2.37. The highest BCUT2D eigenvalue weighted by Crippen LogP contribution is 2.39. The molecule has 2 heterocycles. The summed E-state index contributed by atoms with van der Waals surface area (Å²) in [6.45, 7) is 7.97. The molecule has 2 aromatic carbocycles. The molecule has 0 saturated heterocycles. The summed E-state index contributed by atoms with van der Waals surface area (Å²) in [6.07, 6.45) is 2.22. The molecule has 4 rings (SSSR count). The monoisotopic (exact) mass is 332 g/mol. The minimum absolute atomic E-state index is 0.473. The van der Waals surface area contributed by atoms with Gasteiger partial charge in [-0.05, 0) is 57.5 Å². The molecule has 0 fully saturated rings. The van der Waals surface area contributed by atoms with Gasteiger partial charge in [0, 0.05) is 41.6 Å². The van der Waals surface area contributed by atoms with E-state index in [-0.39, 0.29) is 0 Å². The van der Waals surface area contributed by atoms with Gasteiger partial charge in [0.05, 0.1) is 0 Å². The molecule has 25 heavy (non-hydrogen) atoms. The molecule has 0 spiro atoms. The Bertz CT molecular complexity index is 891. The van der Waals surface area contributed by atoms with Crippen molar-refractivity contribution in [3.05, 3.63) is 70.9 Å². The fourth-order valence-electron chi connectivity index (χ4n) is 4.38. The molecule has 0 saturated carbocycles. The standard InChI is InChI=1S/C23H28N2/c1-16-10-11-21-20(14-16)23-18(3)24(4)17(2)15-22(23)25(21)13-12-19-8-6-5-7-9-19/h5-11,14,17-18H,12-13,15H2,1-4H3. The minimum Gasteiger partial charge on any atom is -0.344 e. The van der Waals surface area contributed by atoms with Gasteiger partial charge in [-0.2, -0.15) is 0 Å². The lowest BCUT2D eigenvalue weighted by Crippen LogP contribution is -2.38. The maximum atomic E-state index is 2.59. The van der Waals surface area contributed by atoms with Crippen LogP contribution in [0.4, 0.5) is 0 Å². The van der Waals surface area contributed by atoms with E-state index in [0.717, 1.165) is 19.4 Å². The van der Waals surface area contributed by atoms with E-state index in [0.29, 0.717) is 12.1 Å². The van der Waals surface area contributed by atoms with Crippen LogP contribution < -0.4 is 0 Å². The highest BCUT2D eigenvalue weighted by atomic mass is 15.2. The second-order valence-corrected chi connectivity index (χ2v) is 7.66. The van der Waals surface area contributed by atoms with Crippen LogP contribution in [0.3, 0.4) is 0 Å². The molecular formula is C23H28N2. The predicted molar refractivity (Wildman–Crippen MR) is 106 cm³/mol. The Kier molecular flexibility index (Phi) is 4.16. The van der Waals surface area contributed by atoms with Crippen molar-refractivity contribution in [3.63, 3.8) is 0 Å². The van der Waals surface area contributed by atoms with Gasteiger partial charge in [0.2, 0.25) is 0 Å². The van der Waals surface area contributed by atoms with Crippen LogP contribution in [0.1, 0.15) is 42.3 Å². The molecule has 0 bridgehead atoms. The number of rotatable bonds is 3. The van der Waals surface area contributed by atoms with Crippen LogP contribution >= 0.6 is 0 Å². The smallest absolute Gasteiger partial charge is 0.0486 e. The first-order chi connectivity index (χ1) is 12.1. The number of likely N-dealkylation sites (N-methyl/N-ethyl adjacent to an activating group) is 1. The Hall–Kier alpha value is -2.06. The second-order valence-electron chi connectivity index (χ2n) is 7.66. The molecule has 3 aromatic rings. The van der Waals surface area contributed by atoms with Gasteiger partial charge in [0.1, 0.15) is 0 Å². The summed E-state index contributed by atoms with van der Waals surface area (Å²) in [4.78, 5) is 2.52. The molecule has 0 N–H and O–H groups in total. The first-order valence-corrected chi connectivity index (χ1v) is 9.43. The van der Waals surface area contributed by atoms with Gasteiger partial charge < -0.3 is 4.57 Å². The van der Waals surface area contributed by atoms with Gasteiger partial charge in [0.25, 0.3) is 0 Å². The Balaban J connectivity index is 1.82. The van der Waals surface area contributed by atoms with Crippen molar-refractivity contribution in [2.45, 2.75) is 52.2 Å². The Morgan fingerprint density at radius 3 is 2.56 bits per heavy atom. The quantitative estimate of drug-likeness (QED) is 0.645. The molecule has 1 aromatic heterocycles. The zero-order valence-corrected chi connectivity index (χ0v) is 15.8. The average molecular weight is 332 g/mol. The largest absolute Gasteiger partial charge is 0.344 e. The van der Waals surface area contributed by atoms with Crippen molar-refractivity contribution in [1.29, 1.82) is 0 Å². The van der Waals surface area contributed by atoms with E-state index < -0.39 is 0 Å². The van der Waals surface area contributed by atoms with E-state index in [1.807, 2.05) is 0 Å². The summed E-state index contributed by atoms with van der Waals surface area (Å²) in [5.74, 6) is 0. The van der Waals surface area contributed by atoms with Crippen molar-refractivity contribution in [2.75, 3.05) is 7.05 Å². The SMILES string of the molecule is Cc1ccc2c(c1)c1c(n2CCc2ccccc2)CC(C)N(C)C1C. The zero-order valence-electron chi connectivity index (χ0n) is 15.8. The Labute approximate surface area is 151 Å². The number of nitrogens with zero attached hydrogens (tertiary/aromatic N) is 2. The maximum absolute atomic E-state index is 2.59. The van der Waals surface area contributed by atoms with Gasteiger partial charge in [-0.3, -0.25) is 4.90 Å². The average Bonchev–Trinajstić information content (AvgIpc) is 2.91. The van der Waals surface area contributed by atoms with Gasteiger partial charge in [-0.1, -0.05) is 42.0 Å². The molecule has 1 aliphatic rings. The van der Waals surface area contributed by atoms with Crippen molar-refractivity contribution in [2.24, 2.45) is 0 Å². The molecule has 0 aliphatic carbocycles. The molecule has 130 valence electrons. The van der Waals surface area contributed by atoms with Crippen LogP contribution in [0.2, 0.25) is 0 Å². The van der Waals surface area contributed by atoms with Crippen LogP contribution in [0, 0.1) is 6.92 Å². The molecule has 2 nitrogen and oxygen atoms in total. The van der Waals surface area contributed by atoms with Crippen molar-refractivity contribution >= 4 is 10.9 Å². The molecule has 2 unspecified atom stereocenters. The van der Waals surface area contributed by atoms with E-state index >= 15 is 0 Å². The van der Waals surface area contributed by atoms with Crippen LogP contribution in [0.25, 0.3) is 10.9 Å². The summed E-state index contributed by atoms with van der Waals surface area (Å²) >= 11 is 0. The van der Waals surface area contributed by atoms with Crippen LogP contribution in [0.5, 0.6) is 0 Å². The fourth-order valence-corrected chi connectivity index (χ4v) is 4.38. The number of fused-ring (bicyclic) bond motifs is 3. The van der Waals surface area contributed by atoms with Crippen LogP contribution in [-0.2, 0) is 19.4 Å². The summed E-state index contributed by atoms with van der Waals surface area (Å²) < 4.78 is 2.59. The van der Waals surface area contributed by atoms with Crippen molar-refractivity contribution < 1.29 is 0 Å². The Morgan fingerprint density at radius 1 is 1.04 bits per heavy atom. The molecule has 2 atom stereocenters. The maximum Gasteiger partial charge on any atom is 0.0486 e. The van der Waals surface area contributed by atoms with Crippen LogP contribution in [-0.4, -0.2) is 22.6 Å². The first kappa shape index (κ1) is 16.4. The third kappa shape index (κ3) is 2.79. The van der Waals surface area contributed by atoms with Gasteiger partial charge in [-0.25, -0.2) is 0 Å². The number of benzene rings is 2. The summed E-state index contributed by atoms with van der Waals surface area (Å²) in [6, 6.07) is 18.9. The molecule has 0 radical (unpaired) electrons. The van der Waals surface area contributed by atoms with E-state index in [4.69, 9.17) is 0 Å². The number of hydrogen-bond acceptors (Lipinski definition) is 1. The van der Waals surface area contributed by atoms with Gasteiger partial charge >= 0.3 is 0 Å². The minimum atomic E-state index is 0.473. The fraction of sp³-hybridized carbons (Fsp3) is 0.391. The van der Waals surface area contributed by atoms with E-state index in [1.54, 1.807) is 11.3 Å². The topological polar surface area (TPSA) is 8.17 Å². The highest BCUT2D eigenvalue weighted by molar-refractivity contribution is 5.87. The van der Waals surface area contributed by atoms with E-state index in [2.05, 4.69) is 85.8 Å². The molecule has 1 aliphatic heterocycles. The second kappa shape index (κ2) is 6.34. The summed E-state index contributed by atoms with van der Waals surface area (Å²) in [5.41, 5.74) is 7.27. The summed E-state index contributed by atoms with van der Waals surface area (Å²) in [5, 5.41) is 1.45. The first-order valence-electron chi connectivity index (χ1n) is 9.43. The van der Waals surface area contributed by atoms with Gasteiger partial charge in [0.15, 0.2) is 0 Å². The third-order valence-corrected chi connectivity index (χ3v) is 6.05. The normalized spacial score (nSPS) is 20.8. The van der Waals surface area contributed by atoms with Gasteiger partial charge in [-0.15, -0.1) is 0 Å². The number of hydrogen-bond donors (Lipinski definition) is 0. The van der Waals surface area contributed by atoms with E-state index in [1.165, 1.54) is 22.0 Å². The van der Waals surface area contributed by atoms with E-state index in [9.17, 15) is 0 Å². The molecular weight excluding hydrogens is 304 g/mol. The predicted octanol–water partition coefficient (Wildman–Crippen LogP) is 5.13.